The molecule has 1 aliphatic heterocycles. The Morgan fingerprint density at radius 3 is 2.56 bits per heavy atom. The maximum atomic E-state index is 13.7. The molecular formula is C28H35ClN4O3. The van der Waals surface area contributed by atoms with Gasteiger partial charge < -0.3 is 26.0 Å². The van der Waals surface area contributed by atoms with E-state index in [2.05, 4.69) is 16.4 Å². The average molecular weight is 511 g/mol. The minimum atomic E-state index is -1.09. The number of carbonyl (C=O) groups excluding carboxylic acids is 2. The number of piperidine rings is 1. The average Bonchev–Trinajstić information content (AvgIpc) is 3.37. The highest BCUT2D eigenvalue weighted by Crippen LogP contribution is 2.50. The first-order chi connectivity index (χ1) is 16.7. The number of H-pyrrole nitrogens is 1. The molecule has 192 valence electrons. The van der Waals surface area contributed by atoms with Gasteiger partial charge in [0.1, 0.15) is 6.04 Å². The second-order valence-electron chi connectivity index (χ2n) is 10.7. The molecular weight excluding hydrogens is 476 g/mol. The lowest BCUT2D eigenvalue weighted by molar-refractivity contribution is -0.138. The molecule has 0 radical (unpaired) electrons. The van der Waals surface area contributed by atoms with E-state index in [0.29, 0.717) is 25.9 Å². The van der Waals surface area contributed by atoms with Gasteiger partial charge in [-0.05, 0) is 55.9 Å². The number of fused-ring (bicyclic) bond motifs is 3. The number of nitrogens with one attached hydrogen (secondary N) is 2. The molecule has 7 nitrogen and oxygen atoms in total. The monoisotopic (exact) mass is 510 g/mol. The Balaban J connectivity index is 0.00000304. The molecule has 0 unspecified atom stereocenters. The molecule has 2 atom stereocenters. The van der Waals surface area contributed by atoms with E-state index in [4.69, 9.17) is 5.73 Å². The molecule has 5 rings (SSSR count). The first-order valence-corrected chi connectivity index (χ1v) is 12.4. The number of hydrogen-bond donors (Lipinski definition) is 4. The molecule has 1 aromatic heterocycles. The predicted molar refractivity (Wildman–Crippen MR) is 143 cm³/mol. The summed E-state index contributed by atoms with van der Waals surface area (Å²) in [7, 11) is 0. The van der Waals surface area contributed by atoms with Gasteiger partial charge in [0.2, 0.25) is 11.8 Å². The topological polar surface area (TPSA) is 111 Å². The number of halogens is 1. The molecule has 2 heterocycles. The number of aromatic nitrogens is 1. The maximum Gasteiger partial charge on any atom is 0.245 e. The summed E-state index contributed by atoms with van der Waals surface area (Å²) in [5, 5.41) is 14.6. The van der Waals surface area contributed by atoms with Crippen molar-refractivity contribution < 1.29 is 14.7 Å². The van der Waals surface area contributed by atoms with Crippen molar-refractivity contribution in [3.8, 4) is 0 Å². The number of nitrogens with two attached hydrogens (primary N) is 1. The largest absolute Gasteiger partial charge is 0.388 e. The van der Waals surface area contributed by atoms with E-state index in [1.54, 1.807) is 13.8 Å². The number of rotatable bonds is 5. The summed E-state index contributed by atoms with van der Waals surface area (Å²) in [5.74, 6) is -0.438. The SMILES string of the molecule is CC(C)(N)C(=O)N[C@H](Cc1c[nH]c2ccccc12)C(=O)N1CCC2(CC1)C[C@H](O)c1ccccc12.Cl. The zero-order valence-electron chi connectivity index (χ0n) is 20.8. The first-order valence-electron chi connectivity index (χ1n) is 12.4. The van der Waals surface area contributed by atoms with Gasteiger partial charge in [0.25, 0.3) is 0 Å². The third-order valence-electron chi connectivity index (χ3n) is 7.80. The van der Waals surface area contributed by atoms with Crippen molar-refractivity contribution in [3.05, 3.63) is 71.4 Å². The van der Waals surface area contributed by atoms with Crippen molar-refractivity contribution in [1.29, 1.82) is 0 Å². The van der Waals surface area contributed by atoms with Crippen LogP contribution in [-0.2, 0) is 21.4 Å². The fourth-order valence-electron chi connectivity index (χ4n) is 5.77. The molecule has 3 aromatic rings. The van der Waals surface area contributed by atoms with Gasteiger partial charge >= 0.3 is 0 Å². The van der Waals surface area contributed by atoms with Gasteiger partial charge in [-0.1, -0.05) is 42.5 Å². The Morgan fingerprint density at radius 1 is 1.17 bits per heavy atom. The van der Waals surface area contributed by atoms with Gasteiger partial charge in [0.15, 0.2) is 0 Å². The summed E-state index contributed by atoms with van der Waals surface area (Å²) in [4.78, 5) is 31.7. The fraction of sp³-hybridized carbons (Fsp3) is 0.429. The second-order valence-corrected chi connectivity index (χ2v) is 10.7. The fourth-order valence-corrected chi connectivity index (χ4v) is 5.77. The van der Waals surface area contributed by atoms with Gasteiger partial charge in [0, 0.05) is 42.0 Å². The number of benzene rings is 2. The molecule has 1 spiro atoms. The van der Waals surface area contributed by atoms with Crippen molar-refractivity contribution >= 4 is 35.1 Å². The number of amides is 2. The number of aromatic amines is 1. The van der Waals surface area contributed by atoms with Crippen LogP contribution >= 0.6 is 12.4 Å². The van der Waals surface area contributed by atoms with E-state index >= 15 is 0 Å². The van der Waals surface area contributed by atoms with E-state index in [9.17, 15) is 14.7 Å². The standard InChI is InChI=1S/C28H34N4O3.ClH/c1-27(2,29)26(35)31-23(15-18-17-30-22-10-6-4-7-19(18)22)25(34)32-13-11-28(12-14-32)16-24(33)20-8-3-5-9-21(20)28;/h3-10,17,23-24,30,33H,11-16,29H2,1-2H3,(H,31,35);1H/t23-,24+;/m1./s1. The Bertz CT molecular complexity index is 1260. The Morgan fingerprint density at radius 2 is 1.83 bits per heavy atom. The summed E-state index contributed by atoms with van der Waals surface area (Å²) in [6.45, 7) is 4.46. The van der Waals surface area contributed by atoms with Crippen LogP contribution in [0.1, 0.15) is 55.9 Å². The van der Waals surface area contributed by atoms with Crippen molar-refractivity contribution in [3.63, 3.8) is 0 Å². The van der Waals surface area contributed by atoms with Gasteiger partial charge in [-0.25, -0.2) is 0 Å². The number of hydrogen-bond acceptors (Lipinski definition) is 4. The Kier molecular flexibility index (Phi) is 7.19. The van der Waals surface area contributed by atoms with Crippen LogP contribution in [0.25, 0.3) is 10.9 Å². The molecule has 2 aromatic carbocycles. The lowest BCUT2D eigenvalue weighted by atomic mass is 9.73. The Hall–Kier alpha value is -2.87. The van der Waals surface area contributed by atoms with Crippen molar-refractivity contribution in [2.45, 2.75) is 62.6 Å². The molecule has 8 heteroatoms. The molecule has 36 heavy (non-hydrogen) atoms. The van der Waals surface area contributed by atoms with Crippen LogP contribution in [0.15, 0.2) is 54.7 Å². The normalized spacial score (nSPS) is 19.6. The van der Waals surface area contributed by atoms with E-state index in [0.717, 1.165) is 34.9 Å². The number of nitrogens with zero attached hydrogens (tertiary/aromatic N) is 1. The molecule has 0 bridgehead atoms. The van der Waals surface area contributed by atoms with E-state index in [1.807, 2.05) is 53.6 Å². The van der Waals surface area contributed by atoms with Crippen LogP contribution in [0.4, 0.5) is 0 Å². The van der Waals surface area contributed by atoms with Crippen LogP contribution < -0.4 is 11.1 Å². The van der Waals surface area contributed by atoms with Crippen molar-refractivity contribution in [1.82, 2.24) is 15.2 Å². The molecule has 1 aliphatic carbocycles. The van der Waals surface area contributed by atoms with Crippen molar-refractivity contribution in [2.75, 3.05) is 13.1 Å². The van der Waals surface area contributed by atoms with Crippen LogP contribution in [-0.4, -0.2) is 51.5 Å². The summed E-state index contributed by atoms with van der Waals surface area (Å²) >= 11 is 0. The smallest absolute Gasteiger partial charge is 0.245 e. The first kappa shape index (κ1) is 26.2. The minimum Gasteiger partial charge on any atom is -0.388 e. The molecule has 1 fully saturated rings. The van der Waals surface area contributed by atoms with Crippen LogP contribution in [0.3, 0.4) is 0 Å². The summed E-state index contributed by atoms with van der Waals surface area (Å²) in [5.41, 5.74) is 9.07. The maximum absolute atomic E-state index is 13.7. The van der Waals surface area contributed by atoms with Crippen LogP contribution in [0.5, 0.6) is 0 Å². The third-order valence-corrected chi connectivity index (χ3v) is 7.80. The van der Waals surface area contributed by atoms with Crippen LogP contribution in [0.2, 0.25) is 0 Å². The quantitative estimate of drug-likeness (QED) is 0.421. The van der Waals surface area contributed by atoms with Gasteiger partial charge in [-0.3, -0.25) is 9.59 Å². The molecule has 2 aliphatic rings. The third kappa shape index (κ3) is 4.75. The van der Waals surface area contributed by atoms with Gasteiger partial charge in [-0.15, -0.1) is 12.4 Å². The number of para-hydroxylation sites is 1. The summed E-state index contributed by atoms with van der Waals surface area (Å²) in [6.07, 6.45) is 4.13. The number of likely N-dealkylation sites (tertiary alicyclic amines) is 1. The lowest BCUT2D eigenvalue weighted by Crippen LogP contribution is -2.58. The molecule has 1 saturated heterocycles. The van der Waals surface area contributed by atoms with E-state index in [1.165, 1.54) is 5.56 Å². The van der Waals surface area contributed by atoms with Gasteiger partial charge in [0.05, 0.1) is 11.6 Å². The van der Waals surface area contributed by atoms with Crippen molar-refractivity contribution in [2.24, 2.45) is 5.73 Å². The zero-order valence-corrected chi connectivity index (χ0v) is 21.6. The highest BCUT2D eigenvalue weighted by atomic mass is 35.5. The number of aliphatic hydroxyl groups is 1. The molecule has 2 amide bonds. The predicted octanol–water partition coefficient (Wildman–Crippen LogP) is 3.35. The molecule has 0 saturated carbocycles. The highest BCUT2D eigenvalue weighted by molar-refractivity contribution is 5.92. The highest BCUT2D eigenvalue weighted by Gasteiger charge is 2.46. The second kappa shape index (κ2) is 9.88. The van der Waals surface area contributed by atoms with E-state index in [-0.39, 0.29) is 29.6 Å². The summed E-state index contributed by atoms with van der Waals surface area (Å²) < 4.78 is 0. The Labute approximate surface area is 217 Å². The zero-order chi connectivity index (χ0) is 24.8. The number of carbonyl (C=O) groups is 2. The van der Waals surface area contributed by atoms with Crippen LogP contribution in [0, 0.1) is 0 Å². The lowest BCUT2D eigenvalue weighted by Gasteiger charge is -2.41. The number of aliphatic hydroxyl groups excluding tert-OH is 1. The minimum absolute atomic E-state index is 0. The van der Waals surface area contributed by atoms with Gasteiger partial charge in [-0.2, -0.15) is 0 Å². The molecule has 5 N–H and O–H groups in total. The summed E-state index contributed by atoms with van der Waals surface area (Å²) in [6, 6.07) is 15.4. The van der Waals surface area contributed by atoms with E-state index < -0.39 is 17.7 Å².